The van der Waals surface area contributed by atoms with Crippen LogP contribution in [0, 0.1) is 0 Å². The lowest BCUT2D eigenvalue weighted by Gasteiger charge is -2.24. The van der Waals surface area contributed by atoms with Crippen LogP contribution >= 0.6 is 15.9 Å². The van der Waals surface area contributed by atoms with Crippen LogP contribution in [0.25, 0.3) is 0 Å². The highest BCUT2D eigenvalue weighted by molar-refractivity contribution is 9.09. The first kappa shape index (κ1) is 15.0. The van der Waals surface area contributed by atoms with E-state index in [2.05, 4.69) is 25.9 Å². The van der Waals surface area contributed by atoms with Gasteiger partial charge in [-0.2, -0.15) is 13.2 Å². The Kier molecular flexibility index (Phi) is 5.64. The first-order chi connectivity index (χ1) is 8.46. The van der Waals surface area contributed by atoms with Crippen molar-refractivity contribution in [3.05, 3.63) is 12.4 Å². The van der Waals surface area contributed by atoms with Gasteiger partial charge in [0.2, 0.25) is 5.88 Å². The van der Waals surface area contributed by atoms with Gasteiger partial charge in [-0.15, -0.1) is 0 Å². The summed E-state index contributed by atoms with van der Waals surface area (Å²) in [6.07, 6.45) is -3.09. The SMILES string of the molecule is CCOc1cc(N(CCBr)CC(F)(F)F)ncn1. The molecule has 0 bridgehead atoms. The second-order valence-electron chi connectivity index (χ2n) is 3.37. The van der Waals surface area contributed by atoms with E-state index in [1.807, 2.05) is 0 Å². The van der Waals surface area contributed by atoms with Crippen molar-refractivity contribution >= 4 is 21.7 Å². The molecular weight excluding hydrogens is 315 g/mol. The third-order valence-corrected chi connectivity index (χ3v) is 2.32. The number of hydrogen-bond donors (Lipinski definition) is 0. The Labute approximate surface area is 111 Å². The molecule has 0 spiro atoms. The van der Waals surface area contributed by atoms with E-state index < -0.39 is 12.7 Å². The Balaban J connectivity index is 2.87. The van der Waals surface area contributed by atoms with Gasteiger partial charge < -0.3 is 9.64 Å². The summed E-state index contributed by atoms with van der Waals surface area (Å²) in [7, 11) is 0. The van der Waals surface area contributed by atoms with Crippen LogP contribution in [0.4, 0.5) is 19.0 Å². The van der Waals surface area contributed by atoms with E-state index in [-0.39, 0.29) is 18.2 Å². The number of anilines is 1. The molecule has 8 heteroatoms. The maximum atomic E-state index is 12.4. The largest absolute Gasteiger partial charge is 0.478 e. The molecule has 0 saturated heterocycles. The van der Waals surface area contributed by atoms with E-state index in [0.717, 1.165) is 4.90 Å². The van der Waals surface area contributed by atoms with Crippen molar-refractivity contribution in [3.63, 3.8) is 0 Å². The molecule has 0 fully saturated rings. The minimum atomic E-state index is -4.28. The molecule has 0 aromatic carbocycles. The average Bonchev–Trinajstić information content (AvgIpc) is 2.28. The molecular formula is C10H13BrF3N3O. The topological polar surface area (TPSA) is 38.2 Å². The molecule has 0 N–H and O–H groups in total. The quantitative estimate of drug-likeness (QED) is 0.753. The molecule has 1 aromatic heterocycles. The number of rotatable bonds is 6. The monoisotopic (exact) mass is 327 g/mol. The van der Waals surface area contributed by atoms with Gasteiger partial charge >= 0.3 is 6.18 Å². The number of aromatic nitrogens is 2. The Morgan fingerprint density at radius 3 is 2.67 bits per heavy atom. The van der Waals surface area contributed by atoms with E-state index in [1.165, 1.54) is 12.4 Å². The number of halogens is 4. The Morgan fingerprint density at radius 1 is 1.39 bits per heavy atom. The summed E-state index contributed by atoms with van der Waals surface area (Å²) in [6.45, 7) is 1.31. The van der Waals surface area contributed by atoms with Crippen LogP contribution in [0.1, 0.15) is 6.92 Å². The number of hydrogen-bond acceptors (Lipinski definition) is 4. The summed E-state index contributed by atoms with van der Waals surface area (Å²) in [5.41, 5.74) is 0. The maximum absolute atomic E-state index is 12.4. The lowest BCUT2D eigenvalue weighted by atomic mass is 10.4. The third kappa shape index (κ3) is 5.07. The summed E-state index contributed by atoms with van der Waals surface area (Å²) in [5, 5.41) is 0.414. The number of nitrogens with zero attached hydrogens (tertiary/aromatic N) is 3. The Bertz CT molecular complexity index is 376. The minimum Gasteiger partial charge on any atom is -0.478 e. The predicted molar refractivity (Wildman–Crippen MR) is 65.3 cm³/mol. The van der Waals surface area contributed by atoms with Crippen LogP contribution in [0.5, 0.6) is 5.88 Å². The van der Waals surface area contributed by atoms with Crippen LogP contribution < -0.4 is 9.64 Å². The number of alkyl halides is 4. The first-order valence-corrected chi connectivity index (χ1v) is 6.41. The van der Waals surface area contributed by atoms with E-state index in [0.29, 0.717) is 11.9 Å². The average molecular weight is 328 g/mol. The fourth-order valence-corrected chi connectivity index (χ4v) is 1.75. The van der Waals surface area contributed by atoms with E-state index in [4.69, 9.17) is 4.74 Å². The van der Waals surface area contributed by atoms with Gasteiger partial charge in [0, 0.05) is 17.9 Å². The second-order valence-corrected chi connectivity index (χ2v) is 4.17. The molecule has 4 nitrogen and oxygen atoms in total. The van der Waals surface area contributed by atoms with Crippen LogP contribution in [0.15, 0.2) is 12.4 Å². The standard InChI is InChI=1S/C10H13BrF3N3O/c1-2-18-9-5-8(15-7-16-9)17(4-3-11)6-10(12,13)14/h5,7H,2-4,6H2,1H3. The Morgan fingerprint density at radius 2 is 2.11 bits per heavy atom. The molecule has 1 aromatic rings. The first-order valence-electron chi connectivity index (χ1n) is 5.28. The summed E-state index contributed by atoms with van der Waals surface area (Å²) >= 11 is 3.12. The van der Waals surface area contributed by atoms with Gasteiger partial charge in [0.1, 0.15) is 18.7 Å². The fourth-order valence-electron chi connectivity index (χ4n) is 1.32. The number of ether oxygens (including phenoxy) is 1. The van der Waals surface area contributed by atoms with Crippen LogP contribution in [0.2, 0.25) is 0 Å². The third-order valence-electron chi connectivity index (χ3n) is 1.97. The van der Waals surface area contributed by atoms with Gasteiger partial charge in [0.25, 0.3) is 0 Å². The fraction of sp³-hybridized carbons (Fsp3) is 0.600. The highest BCUT2D eigenvalue weighted by Crippen LogP contribution is 2.22. The smallest absolute Gasteiger partial charge is 0.405 e. The summed E-state index contributed by atoms with van der Waals surface area (Å²) in [6, 6.07) is 1.40. The molecule has 0 unspecified atom stereocenters. The zero-order chi connectivity index (χ0) is 13.6. The highest BCUT2D eigenvalue weighted by atomic mass is 79.9. The molecule has 0 amide bonds. The van der Waals surface area contributed by atoms with Crippen molar-refractivity contribution in [3.8, 4) is 5.88 Å². The van der Waals surface area contributed by atoms with Crippen molar-refractivity contribution < 1.29 is 17.9 Å². The molecule has 102 valence electrons. The highest BCUT2D eigenvalue weighted by Gasteiger charge is 2.31. The van der Waals surface area contributed by atoms with Crippen molar-refractivity contribution in [2.45, 2.75) is 13.1 Å². The normalized spacial score (nSPS) is 11.4. The van der Waals surface area contributed by atoms with Gasteiger partial charge in [-0.1, -0.05) is 15.9 Å². The van der Waals surface area contributed by atoms with Crippen LogP contribution in [0.3, 0.4) is 0 Å². The van der Waals surface area contributed by atoms with Crippen molar-refractivity contribution in [1.29, 1.82) is 0 Å². The molecule has 0 aliphatic carbocycles. The minimum absolute atomic E-state index is 0.197. The second kappa shape index (κ2) is 6.77. The van der Waals surface area contributed by atoms with Gasteiger partial charge in [0.05, 0.1) is 6.61 Å². The lowest BCUT2D eigenvalue weighted by Crippen LogP contribution is -2.36. The zero-order valence-corrected chi connectivity index (χ0v) is 11.3. The van der Waals surface area contributed by atoms with E-state index >= 15 is 0 Å². The molecule has 18 heavy (non-hydrogen) atoms. The molecule has 0 aliphatic rings. The van der Waals surface area contributed by atoms with Gasteiger partial charge in [0.15, 0.2) is 0 Å². The molecule has 0 atom stereocenters. The predicted octanol–water partition coefficient (Wildman–Crippen LogP) is 2.64. The van der Waals surface area contributed by atoms with Gasteiger partial charge in [-0.3, -0.25) is 0 Å². The molecule has 1 rings (SSSR count). The summed E-state index contributed by atoms with van der Waals surface area (Å²) in [5.74, 6) is 0.467. The van der Waals surface area contributed by atoms with Crippen molar-refractivity contribution in [2.75, 3.05) is 29.9 Å². The summed E-state index contributed by atoms with van der Waals surface area (Å²) in [4.78, 5) is 8.78. The Hall–Kier alpha value is -1.05. The van der Waals surface area contributed by atoms with E-state index in [1.54, 1.807) is 6.92 Å². The maximum Gasteiger partial charge on any atom is 0.405 e. The van der Waals surface area contributed by atoms with Crippen LogP contribution in [-0.4, -0.2) is 41.2 Å². The van der Waals surface area contributed by atoms with Crippen LogP contribution in [-0.2, 0) is 0 Å². The van der Waals surface area contributed by atoms with Crippen molar-refractivity contribution in [1.82, 2.24) is 9.97 Å². The van der Waals surface area contributed by atoms with E-state index in [9.17, 15) is 13.2 Å². The molecule has 0 radical (unpaired) electrons. The molecule has 0 aliphatic heterocycles. The molecule has 0 saturated carbocycles. The van der Waals surface area contributed by atoms with Gasteiger partial charge in [-0.05, 0) is 6.92 Å². The van der Waals surface area contributed by atoms with Gasteiger partial charge in [-0.25, -0.2) is 9.97 Å². The van der Waals surface area contributed by atoms with Crippen molar-refractivity contribution in [2.24, 2.45) is 0 Å². The summed E-state index contributed by atoms with van der Waals surface area (Å²) < 4.78 is 42.4. The lowest BCUT2D eigenvalue weighted by molar-refractivity contribution is -0.119. The zero-order valence-electron chi connectivity index (χ0n) is 9.74. The molecule has 1 heterocycles.